The van der Waals surface area contributed by atoms with Gasteiger partial charge < -0.3 is 27.8 Å². The molecule has 1 amide bonds. The molecule has 1 aromatic heterocycles. The Morgan fingerprint density at radius 3 is 1.75 bits per heavy atom. The molecule has 0 radical (unpaired) electrons. The summed E-state index contributed by atoms with van der Waals surface area (Å²) in [6.07, 6.45) is 1.80. The predicted molar refractivity (Wildman–Crippen MR) is 165 cm³/mol. The quantitative estimate of drug-likeness (QED) is 0.177. The van der Waals surface area contributed by atoms with Crippen molar-refractivity contribution in [1.29, 1.82) is 0 Å². The second kappa shape index (κ2) is 19.9. The van der Waals surface area contributed by atoms with Crippen LogP contribution in [0.4, 0.5) is 4.79 Å². The van der Waals surface area contributed by atoms with E-state index in [4.69, 9.17) is 10.2 Å². The van der Waals surface area contributed by atoms with Gasteiger partial charge in [-0.2, -0.15) is 0 Å². The summed E-state index contributed by atoms with van der Waals surface area (Å²) in [6, 6.07) is 24.9. The van der Waals surface area contributed by atoms with E-state index in [0.717, 1.165) is 11.9 Å². The van der Waals surface area contributed by atoms with Gasteiger partial charge in [-0.3, -0.25) is 4.98 Å². The van der Waals surface area contributed by atoms with Crippen molar-refractivity contribution in [2.75, 3.05) is 0 Å². The molecule has 1 heterocycles. The third kappa shape index (κ3) is 15.5. The zero-order valence-electron chi connectivity index (χ0n) is 22.8. The molecule has 0 atom stereocenters. The average molecular weight is 753 g/mol. The van der Waals surface area contributed by atoms with E-state index in [-0.39, 0.29) is 30.7 Å². The fourth-order valence-electron chi connectivity index (χ4n) is 4.05. The van der Waals surface area contributed by atoms with E-state index >= 15 is 0 Å². The van der Waals surface area contributed by atoms with Crippen LogP contribution in [0, 0.1) is 5.41 Å². The first kappa shape index (κ1) is 41.4. The Morgan fingerprint density at radius 1 is 0.800 bits per heavy atom. The van der Waals surface area contributed by atoms with Gasteiger partial charge in [0.05, 0.1) is 11.1 Å². The number of benzene rings is 3. The maximum absolute atomic E-state index is 10.4. The standard InChI is InChI=1S/C13H9N.C9H19NO2.C7H6O2.CH4.ClH.2H2N.Pt/c1-2-6-11-10(5-1)9-14-13-8-4-3-7-12(11)13;1-8(2,3)6-9(4,5)10-7(11)12;8-7(9)6-4-2-1-3-5-6;;;;;/h1-9H;10H,6H2,1-5H3,(H,11,12);1-5H,(H,8,9);1H4;1H;2*1H2;/q;;;;;2*-1;+1/p-1. The van der Waals surface area contributed by atoms with E-state index < -0.39 is 12.1 Å². The molecule has 0 aliphatic heterocycles. The van der Waals surface area contributed by atoms with Gasteiger partial charge in [-0.1, -0.05) is 88.9 Å². The fourth-order valence-corrected chi connectivity index (χ4v) is 4.05. The summed E-state index contributed by atoms with van der Waals surface area (Å²) in [5.41, 5.74) is 1.19. The molecule has 0 aliphatic rings. The first-order valence-electron chi connectivity index (χ1n) is 11.5. The van der Waals surface area contributed by atoms with Crippen LogP contribution >= 0.6 is 9.42 Å². The Hall–Kier alpha value is -3.03. The zero-order valence-corrected chi connectivity index (χ0v) is 25.8. The SMILES string of the molecule is C.CC(C)(C)CC(C)(C)NC(=O)O.O=C(O)c1ccccc1.[Cl][Pt].[NH2-].[NH2-].c1ccc2c(c1)cnc1ccccc12. The number of hydrogen-bond acceptors (Lipinski definition) is 3. The van der Waals surface area contributed by atoms with Crippen LogP contribution in [-0.2, 0) is 18.8 Å². The van der Waals surface area contributed by atoms with E-state index in [2.05, 4.69) is 70.8 Å². The van der Waals surface area contributed by atoms with Crippen molar-refractivity contribution in [3.05, 3.63) is 103 Å². The van der Waals surface area contributed by atoms with Crippen LogP contribution < -0.4 is 5.32 Å². The van der Waals surface area contributed by atoms with E-state index in [1.165, 1.54) is 16.2 Å². The number of nitrogens with one attached hydrogen (secondary N) is 1. The van der Waals surface area contributed by atoms with Crippen molar-refractivity contribution < 1.29 is 38.6 Å². The van der Waals surface area contributed by atoms with Crippen LogP contribution in [-0.4, -0.2) is 32.8 Å². The Labute approximate surface area is 253 Å². The zero-order chi connectivity index (χ0) is 28.1. The monoisotopic (exact) mass is 752 g/mol. The Bertz CT molecular complexity index is 1230. The maximum atomic E-state index is 10.4. The molecule has 8 nitrogen and oxygen atoms in total. The molecule has 225 valence electrons. The molecule has 4 rings (SSSR count). The summed E-state index contributed by atoms with van der Waals surface area (Å²) in [4.78, 5) is 25.0. The van der Waals surface area contributed by atoms with Crippen LogP contribution in [0.3, 0.4) is 0 Å². The van der Waals surface area contributed by atoms with Crippen molar-refractivity contribution in [2.45, 2.75) is 54.0 Å². The minimum atomic E-state index is -0.954. The number of nitrogens with zero attached hydrogens (tertiary/aromatic N) is 1. The maximum Gasteiger partial charge on any atom is 0.0708 e. The van der Waals surface area contributed by atoms with Gasteiger partial charge in [0.2, 0.25) is 0 Å². The van der Waals surface area contributed by atoms with Crippen LogP contribution in [0.25, 0.3) is 34.0 Å². The predicted octanol–water partition coefficient (Wildman–Crippen LogP) is 10.00. The Balaban J connectivity index is -0.000000490. The number of carboxylic acids is 1. The van der Waals surface area contributed by atoms with Crippen molar-refractivity contribution in [3.8, 4) is 0 Å². The first-order valence-corrected chi connectivity index (χ1v) is 14.3. The van der Waals surface area contributed by atoms with Gasteiger partial charge in [0.15, 0.2) is 0 Å². The van der Waals surface area contributed by atoms with Crippen LogP contribution in [0.2, 0.25) is 0 Å². The number of amides is 1. The summed E-state index contributed by atoms with van der Waals surface area (Å²) in [5, 5.41) is 23.1. The molecule has 0 aliphatic carbocycles. The van der Waals surface area contributed by atoms with E-state index in [9.17, 15) is 9.59 Å². The molecule has 4 aromatic rings. The van der Waals surface area contributed by atoms with Gasteiger partial charge in [-0.25, -0.2) is 9.59 Å². The second-order valence-electron chi connectivity index (χ2n) is 10.1. The van der Waals surface area contributed by atoms with E-state index in [0.29, 0.717) is 5.56 Å². The number of carboxylic acid groups (broad SMARTS) is 2. The number of fused-ring (bicyclic) bond motifs is 3. The molecule has 0 unspecified atom stereocenters. The molecule has 40 heavy (non-hydrogen) atoms. The van der Waals surface area contributed by atoms with Crippen molar-refractivity contribution in [3.63, 3.8) is 0 Å². The molecular formula is C30H42ClN4O4Pt-2. The molecule has 0 saturated carbocycles. The number of halogens is 1. The van der Waals surface area contributed by atoms with Gasteiger partial charge >= 0.3 is 40.3 Å². The number of pyridine rings is 1. The van der Waals surface area contributed by atoms with E-state index in [1.54, 1.807) is 49.1 Å². The summed E-state index contributed by atoms with van der Waals surface area (Å²) in [7, 11) is 4.61. The molecule has 10 heteroatoms. The number of para-hydroxylation sites is 1. The average Bonchev–Trinajstić information content (AvgIpc) is 2.84. The first-order chi connectivity index (χ1) is 17.4. The van der Waals surface area contributed by atoms with Crippen LogP contribution in [0.1, 0.15) is 58.8 Å². The van der Waals surface area contributed by atoms with Crippen LogP contribution in [0.5, 0.6) is 0 Å². The number of aromatic nitrogens is 1. The Morgan fingerprint density at radius 2 is 1.27 bits per heavy atom. The van der Waals surface area contributed by atoms with Gasteiger partial charge in [0, 0.05) is 22.5 Å². The summed E-state index contributed by atoms with van der Waals surface area (Å²) in [6.45, 7) is 10.1. The van der Waals surface area contributed by atoms with Crippen molar-refractivity contribution in [1.82, 2.24) is 10.3 Å². The molecule has 0 fully saturated rings. The summed E-state index contributed by atoms with van der Waals surface area (Å²) < 4.78 is 0. The summed E-state index contributed by atoms with van der Waals surface area (Å²) >= 11 is 1.61. The van der Waals surface area contributed by atoms with Crippen LogP contribution in [0.15, 0.2) is 85.1 Å². The third-order valence-electron chi connectivity index (χ3n) is 4.94. The second-order valence-corrected chi connectivity index (χ2v) is 10.1. The molecule has 0 spiro atoms. The molecular weight excluding hydrogens is 711 g/mol. The van der Waals surface area contributed by atoms with Gasteiger partial charge in [0.25, 0.3) is 0 Å². The largest absolute Gasteiger partial charge is 0.693 e. The molecule has 3 aromatic carbocycles. The normalized spacial score (nSPS) is 9.80. The van der Waals surface area contributed by atoms with Gasteiger partial charge in [-0.05, 0) is 49.3 Å². The molecule has 0 bridgehead atoms. The number of nitrogens with two attached hydrogens (primary N) is 2. The Kier molecular flexibility index (Phi) is 20.7. The van der Waals surface area contributed by atoms with E-state index in [1.807, 2.05) is 38.2 Å². The number of hydrogen-bond donors (Lipinski definition) is 3. The smallest absolute Gasteiger partial charge is 0.0708 e. The minimum Gasteiger partial charge on any atom is -0.693 e. The molecule has 7 N–H and O–H groups in total. The van der Waals surface area contributed by atoms with Crippen molar-refractivity contribution >= 4 is 43.2 Å². The summed E-state index contributed by atoms with van der Waals surface area (Å²) in [5.74, 6) is -0.879. The fraction of sp³-hybridized carbons (Fsp3) is 0.300. The van der Waals surface area contributed by atoms with Crippen molar-refractivity contribution in [2.24, 2.45) is 5.41 Å². The molecule has 0 saturated heterocycles. The topological polar surface area (TPSA) is 167 Å². The minimum absolute atomic E-state index is 0. The number of rotatable bonds is 3. The van der Waals surface area contributed by atoms with Gasteiger partial charge in [-0.15, -0.1) is 0 Å². The van der Waals surface area contributed by atoms with Gasteiger partial charge in [0.1, 0.15) is 0 Å². The number of aromatic carboxylic acids is 1. The number of carbonyl (C=O) groups is 2. The third-order valence-corrected chi connectivity index (χ3v) is 4.94.